The molecule has 0 saturated carbocycles. The fourth-order valence-corrected chi connectivity index (χ4v) is 3.40. The van der Waals surface area contributed by atoms with Gasteiger partial charge in [0.2, 0.25) is 10.0 Å². The van der Waals surface area contributed by atoms with Crippen LogP contribution in [0.3, 0.4) is 0 Å². The highest BCUT2D eigenvalue weighted by molar-refractivity contribution is 7.89. The van der Waals surface area contributed by atoms with E-state index in [0.717, 1.165) is 29.2 Å². The van der Waals surface area contributed by atoms with Crippen molar-refractivity contribution in [3.8, 4) is 0 Å². The van der Waals surface area contributed by atoms with Crippen LogP contribution >= 0.6 is 0 Å². The highest BCUT2D eigenvalue weighted by Crippen LogP contribution is 2.25. The minimum Gasteiger partial charge on any atom is -0.211 e. The van der Waals surface area contributed by atoms with E-state index in [0.29, 0.717) is 11.4 Å². The Hall–Kier alpha value is -1.39. The van der Waals surface area contributed by atoms with Gasteiger partial charge in [0.05, 0.1) is 4.90 Å². The quantitative estimate of drug-likeness (QED) is 0.853. The number of unbranched alkanes of at least 4 members (excludes halogenated alkanes) is 1. The molecule has 0 radical (unpaired) electrons. The first-order valence-corrected chi connectivity index (χ1v) is 8.02. The lowest BCUT2D eigenvalue weighted by molar-refractivity contribution is 0.579. The Kier molecular flexibility index (Phi) is 4.22. The smallest absolute Gasteiger partial charge is 0.211 e. The molecule has 2 rings (SSSR count). The molecular weight excluding hydrogens is 258 g/mol. The number of benzene rings is 2. The normalized spacial score (nSPS) is 11.9. The van der Waals surface area contributed by atoms with Gasteiger partial charge in [0.15, 0.2) is 0 Å². The van der Waals surface area contributed by atoms with Gasteiger partial charge in [0, 0.05) is 11.9 Å². The predicted octanol–water partition coefficient (Wildman–Crippen LogP) is 3.23. The van der Waals surface area contributed by atoms with Crippen LogP contribution in [0.5, 0.6) is 0 Å². The second-order valence-corrected chi connectivity index (χ2v) is 6.41. The van der Waals surface area contributed by atoms with Crippen molar-refractivity contribution >= 4 is 20.8 Å². The summed E-state index contributed by atoms with van der Waals surface area (Å²) in [6, 6.07) is 11.2. The zero-order valence-corrected chi connectivity index (χ0v) is 12.1. The van der Waals surface area contributed by atoms with E-state index in [1.165, 1.54) is 0 Å². The van der Waals surface area contributed by atoms with Gasteiger partial charge < -0.3 is 0 Å². The monoisotopic (exact) mass is 277 g/mol. The van der Waals surface area contributed by atoms with Crippen LogP contribution in [0.2, 0.25) is 0 Å². The first-order chi connectivity index (χ1) is 9.06. The first-order valence-electron chi connectivity index (χ1n) is 6.54. The zero-order chi connectivity index (χ0) is 13.9. The zero-order valence-electron chi connectivity index (χ0n) is 11.3. The van der Waals surface area contributed by atoms with E-state index < -0.39 is 10.0 Å². The van der Waals surface area contributed by atoms with Crippen molar-refractivity contribution in [3.05, 3.63) is 42.0 Å². The summed E-state index contributed by atoms with van der Waals surface area (Å²) in [4.78, 5) is 0.366. The molecule has 0 aliphatic rings. The molecule has 0 atom stereocenters. The second-order valence-electron chi connectivity index (χ2n) is 4.68. The maximum Gasteiger partial charge on any atom is 0.241 e. The van der Waals surface area contributed by atoms with E-state index >= 15 is 0 Å². The van der Waals surface area contributed by atoms with Crippen LogP contribution in [-0.2, 0) is 10.0 Å². The fourth-order valence-electron chi connectivity index (χ4n) is 2.12. The highest BCUT2D eigenvalue weighted by atomic mass is 32.2. The lowest BCUT2D eigenvalue weighted by Crippen LogP contribution is -2.24. The van der Waals surface area contributed by atoms with Crippen molar-refractivity contribution in [2.75, 3.05) is 6.54 Å². The molecule has 0 aliphatic carbocycles. The van der Waals surface area contributed by atoms with Gasteiger partial charge in [-0.05, 0) is 30.4 Å². The molecular formula is C15H19NO2S. The van der Waals surface area contributed by atoms with Gasteiger partial charge in [-0.15, -0.1) is 0 Å². The number of aryl methyl sites for hydroxylation is 1. The molecule has 0 bridgehead atoms. The van der Waals surface area contributed by atoms with Crippen molar-refractivity contribution in [3.63, 3.8) is 0 Å². The molecule has 0 spiro atoms. The molecule has 0 aliphatic heterocycles. The van der Waals surface area contributed by atoms with Crippen LogP contribution in [0.25, 0.3) is 10.8 Å². The summed E-state index contributed by atoms with van der Waals surface area (Å²) in [6.07, 6.45) is 1.82. The average Bonchev–Trinajstić information content (AvgIpc) is 2.39. The Balaban J connectivity index is 2.48. The van der Waals surface area contributed by atoms with Crippen molar-refractivity contribution in [1.82, 2.24) is 4.72 Å². The summed E-state index contributed by atoms with van der Waals surface area (Å²) < 4.78 is 27.3. The third kappa shape index (κ3) is 2.96. The molecule has 0 fully saturated rings. The average molecular weight is 277 g/mol. The Morgan fingerprint density at radius 2 is 1.74 bits per heavy atom. The minimum atomic E-state index is -3.43. The summed E-state index contributed by atoms with van der Waals surface area (Å²) in [7, 11) is -3.43. The van der Waals surface area contributed by atoms with Gasteiger partial charge >= 0.3 is 0 Å². The Bertz CT molecular complexity index is 678. The van der Waals surface area contributed by atoms with E-state index in [1.54, 1.807) is 6.07 Å². The molecule has 0 aromatic heterocycles. The van der Waals surface area contributed by atoms with E-state index in [2.05, 4.69) is 4.72 Å². The Labute approximate surface area is 114 Å². The Morgan fingerprint density at radius 3 is 2.42 bits per heavy atom. The number of hydrogen-bond donors (Lipinski definition) is 1. The molecule has 1 N–H and O–H groups in total. The summed E-state index contributed by atoms with van der Waals surface area (Å²) >= 11 is 0. The fraction of sp³-hybridized carbons (Fsp3) is 0.333. The maximum absolute atomic E-state index is 12.3. The van der Waals surface area contributed by atoms with E-state index in [4.69, 9.17) is 0 Å². The Morgan fingerprint density at radius 1 is 1.05 bits per heavy atom. The number of nitrogens with one attached hydrogen (secondary N) is 1. The van der Waals surface area contributed by atoms with E-state index in [1.807, 2.05) is 44.2 Å². The lowest BCUT2D eigenvalue weighted by Gasteiger charge is -2.10. The van der Waals surface area contributed by atoms with Gasteiger partial charge in [-0.1, -0.05) is 43.7 Å². The topological polar surface area (TPSA) is 46.2 Å². The third-order valence-electron chi connectivity index (χ3n) is 3.21. The van der Waals surface area contributed by atoms with Gasteiger partial charge in [0.1, 0.15) is 0 Å². The van der Waals surface area contributed by atoms with Gasteiger partial charge in [-0.25, -0.2) is 13.1 Å². The molecule has 4 heteroatoms. The van der Waals surface area contributed by atoms with Gasteiger partial charge in [-0.3, -0.25) is 0 Å². The van der Waals surface area contributed by atoms with Crippen LogP contribution in [0, 0.1) is 6.92 Å². The SMILES string of the molecule is CCCCNS(=O)(=O)c1ccc(C)c2ccccc12. The third-order valence-corrected chi connectivity index (χ3v) is 4.73. The molecule has 0 heterocycles. The largest absolute Gasteiger partial charge is 0.241 e. The van der Waals surface area contributed by atoms with Crippen LogP contribution in [-0.4, -0.2) is 15.0 Å². The summed E-state index contributed by atoms with van der Waals surface area (Å²) in [5, 5.41) is 1.77. The molecule has 2 aromatic rings. The van der Waals surface area contributed by atoms with Crippen molar-refractivity contribution in [2.24, 2.45) is 0 Å². The van der Waals surface area contributed by atoms with E-state index in [-0.39, 0.29) is 0 Å². The van der Waals surface area contributed by atoms with Gasteiger partial charge in [0.25, 0.3) is 0 Å². The first kappa shape index (κ1) is 14.0. The van der Waals surface area contributed by atoms with Crippen molar-refractivity contribution in [2.45, 2.75) is 31.6 Å². The second kappa shape index (κ2) is 5.72. The molecule has 0 saturated heterocycles. The van der Waals surface area contributed by atoms with E-state index in [9.17, 15) is 8.42 Å². The minimum absolute atomic E-state index is 0.366. The molecule has 2 aromatic carbocycles. The molecule has 19 heavy (non-hydrogen) atoms. The lowest BCUT2D eigenvalue weighted by atomic mass is 10.1. The standard InChI is InChI=1S/C15H19NO2S/c1-3-4-11-16-19(17,18)15-10-9-12(2)13-7-5-6-8-14(13)15/h5-10,16H,3-4,11H2,1-2H3. The predicted molar refractivity (Wildman–Crippen MR) is 78.8 cm³/mol. The maximum atomic E-state index is 12.3. The number of sulfonamides is 1. The van der Waals surface area contributed by atoms with Crippen LogP contribution in [0.4, 0.5) is 0 Å². The van der Waals surface area contributed by atoms with Crippen molar-refractivity contribution in [1.29, 1.82) is 0 Å². The van der Waals surface area contributed by atoms with Crippen LogP contribution in [0.15, 0.2) is 41.3 Å². The van der Waals surface area contributed by atoms with Gasteiger partial charge in [-0.2, -0.15) is 0 Å². The molecule has 0 amide bonds. The summed E-state index contributed by atoms with van der Waals surface area (Å²) in [5.74, 6) is 0. The van der Waals surface area contributed by atoms with Crippen molar-refractivity contribution < 1.29 is 8.42 Å². The number of rotatable bonds is 5. The number of fused-ring (bicyclic) bond motifs is 1. The molecule has 0 unspecified atom stereocenters. The molecule has 3 nitrogen and oxygen atoms in total. The summed E-state index contributed by atoms with van der Waals surface area (Å²) in [6.45, 7) is 4.51. The highest BCUT2D eigenvalue weighted by Gasteiger charge is 2.16. The van der Waals surface area contributed by atoms with Crippen LogP contribution < -0.4 is 4.72 Å². The number of hydrogen-bond acceptors (Lipinski definition) is 2. The molecule has 102 valence electrons. The summed E-state index contributed by atoms with van der Waals surface area (Å²) in [5.41, 5.74) is 1.09. The van der Waals surface area contributed by atoms with Crippen LogP contribution in [0.1, 0.15) is 25.3 Å².